The molecule has 0 saturated heterocycles. The highest BCUT2D eigenvalue weighted by Crippen LogP contribution is 2.25. The zero-order chi connectivity index (χ0) is 12.4. The van der Waals surface area contributed by atoms with Crippen molar-refractivity contribution in [2.24, 2.45) is 0 Å². The number of methoxy groups -OCH3 is 1. The summed E-state index contributed by atoms with van der Waals surface area (Å²) in [5, 5.41) is 0. The molecule has 0 fully saturated rings. The number of halogens is 3. The summed E-state index contributed by atoms with van der Waals surface area (Å²) in [5.74, 6) is 0.195. The van der Waals surface area contributed by atoms with E-state index in [4.69, 9.17) is 4.74 Å². The van der Waals surface area contributed by atoms with Crippen LogP contribution in [0.1, 0.15) is 0 Å². The molecule has 3 nitrogen and oxygen atoms in total. The van der Waals surface area contributed by atoms with Gasteiger partial charge in [0.25, 0.3) is 0 Å². The minimum absolute atomic E-state index is 0.197. The van der Waals surface area contributed by atoms with Crippen molar-refractivity contribution >= 4 is 31.9 Å². The third-order valence-electron chi connectivity index (χ3n) is 2.07. The van der Waals surface area contributed by atoms with Crippen LogP contribution >= 0.6 is 31.9 Å². The van der Waals surface area contributed by atoms with E-state index in [0.717, 1.165) is 0 Å². The van der Waals surface area contributed by atoms with Gasteiger partial charge in [-0.15, -0.1) is 0 Å². The first kappa shape index (κ1) is 12.4. The summed E-state index contributed by atoms with van der Waals surface area (Å²) in [6.45, 7) is 0. The number of rotatable bonds is 2. The van der Waals surface area contributed by atoms with E-state index in [0.29, 0.717) is 20.6 Å². The minimum Gasteiger partial charge on any atom is -0.494 e. The second-order valence-corrected chi connectivity index (χ2v) is 4.81. The van der Waals surface area contributed by atoms with Crippen molar-refractivity contribution in [3.05, 3.63) is 39.3 Å². The number of ether oxygens (including phenoxy) is 1. The summed E-state index contributed by atoms with van der Waals surface area (Å²) in [6, 6.07) is 6.30. The Morgan fingerprint density at radius 2 is 1.76 bits per heavy atom. The molecule has 0 aliphatic rings. The first-order valence-corrected chi connectivity index (χ1v) is 6.23. The summed E-state index contributed by atoms with van der Waals surface area (Å²) in [4.78, 5) is 8.34. The molecular weight excluding hydrogens is 355 g/mol. The van der Waals surface area contributed by atoms with Crippen molar-refractivity contribution in [1.82, 2.24) is 9.97 Å². The van der Waals surface area contributed by atoms with Gasteiger partial charge in [0.1, 0.15) is 9.21 Å². The van der Waals surface area contributed by atoms with Crippen LogP contribution in [0.25, 0.3) is 11.4 Å². The largest absolute Gasteiger partial charge is 0.494 e. The van der Waals surface area contributed by atoms with Gasteiger partial charge in [0.15, 0.2) is 17.4 Å². The number of hydrogen-bond acceptors (Lipinski definition) is 3. The maximum atomic E-state index is 13.5. The molecule has 2 rings (SSSR count). The normalized spacial score (nSPS) is 10.4. The summed E-state index contributed by atoms with van der Waals surface area (Å²) >= 11 is 6.51. The summed E-state index contributed by atoms with van der Waals surface area (Å²) < 4.78 is 19.6. The lowest BCUT2D eigenvalue weighted by Crippen LogP contribution is -1.93. The van der Waals surface area contributed by atoms with E-state index in [1.165, 1.54) is 13.2 Å². The Labute approximate surface area is 114 Å². The van der Waals surface area contributed by atoms with Gasteiger partial charge in [-0.2, -0.15) is 0 Å². The molecule has 0 aliphatic carbocycles. The van der Waals surface area contributed by atoms with Crippen LogP contribution in [0, 0.1) is 5.82 Å². The quantitative estimate of drug-likeness (QED) is 0.763. The van der Waals surface area contributed by atoms with E-state index >= 15 is 0 Å². The number of nitrogens with zero attached hydrogens (tertiary/aromatic N) is 2. The van der Waals surface area contributed by atoms with E-state index in [-0.39, 0.29) is 5.75 Å². The summed E-state index contributed by atoms with van der Waals surface area (Å²) in [7, 11) is 1.42. The lowest BCUT2D eigenvalue weighted by Gasteiger charge is -2.05. The molecule has 88 valence electrons. The van der Waals surface area contributed by atoms with Gasteiger partial charge in [-0.25, -0.2) is 14.4 Å². The third-order valence-corrected chi connectivity index (χ3v) is 2.89. The lowest BCUT2D eigenvalue weighted by molar-refractivity contribution is 0.386. The van der Waals surface area contributed by atoms with Crippen molar-refractivity contribution in [3.63, 3.8) is 0 Å². The second-order valence-electron chi connectivity index (χ2n) is 3.19. The van der Waals surface area contributed by atoms with Crippen LogP contribution in [0.2, 0.25) is 0 Å². The van der Waals surface area contributed by atoms with Crippen LogP contribution < -0.4 is 4.74 Å². The molecule has 0 spiro atoms. The Morgan fingerprint density at radius 3 is 2.29 bits per heavy atom. The van der Waals surface area contributed by atoms with Crippen molar-refractivity contribution in [3.8, 4) is 17.1 Å². The highest BCUT2D eigenvalue weighted by Gasteiger charge is 2.08. The van der Waals surface area contributed by atoms with Crippen LogP contribution in [0.5, 0.6) is 5.75 Å². The molecule has 1 aromatic heterocycles. The number of benzene rings is 1. The molecule has 0 radical (unpaired) electrons. The maximum Gasteiger partial charge on any atom is 0.165 e. The molecular formula is C11H7Br2FN2O. The monoisotopic (exact) mass is 360 g/mol. The average Bonchev–Trinajstić information content (AvgIpc) is 2.27. The molecule has 0 atom stereocenters. The highest BCUT2D eigenvalue weighted by molar-refractivity contribution is 9.11. The Balaban J connectivity index is 2.49. The fraction of sp³-hybridized carbons (Fsp3) is 0.0909. The highest BCUT2D eigenvalue weighted by atomic mass is 79.9. The smallest absolute Gasteiger partial charge is 0.165 e. The number of hydrogen-bond donors (Lipinski definition) is 0. The van der Waals surface area contributed by atoms with Gasteiger partial charge in [0.05, 0.1) is 7.11 Å². The van der Waals surface area contributed by atoms with Gasteiger partial charge >= 0.3 is 0 Å². The molecule has 0 unspecified atom stereocenters. The predicted octanol–water partition coefficient (Wildman–Crippen LogP) is 3.82. The van der Waals surface area contributed by atoms with E-state index < -0.39 is 5.82 Å². The second kappa shape index (κ2) is 5.10. The van der Waals surface area contributed by atoms with Crippen LogP contribution in [0.3, 0.4) is 0 Å². The molecule has 2 aromatic rings. The number of aromatic nitrogens is 2. The molecule has 0 amide bonds. The van der Waals surface area contributed by atoms with Gasteiger partial charge in [-0.3, -0.25) is 0 Å². The van der Waals surface area contributed by atoms with E-state index in [1.807, 2.05) is 0 Å². The fourth-order valence-electron chi connectivity index (χ4n) is 1.32. The van der Waals surface area contributed by atoms with Gasteiger partial charge < -0.3 is 4.74 Å². The van der Waals surface area contributed by atoms with Crippen molar-refractivity contribution in [2.45, 2.75) is 0 Å². The lowest BCUT2D eigenvalue weighted by atomic mass is 10.2. The van der Waals surface area contributed by atoms with E-state index in [1.54, 1.807) is 18.2 Å². The third kappa shape index (κ3) is 2.81. The molecule has 17 heavy (non-hydrogen) atoms. The molecule has 0 aliphatic heterocycles. The minimum atomic E-state index is -0.440. The van der Waals surface area contributed by atoms with Gasteiger partial charge in [-0.05, 0) is 50.1 Å². The first-order chi connectivity index (χ1) is 8.10. The molecule has 0 N–H and O–H groups in total. The average molecular weight is 362 g/mol. The van der Waals surface area contributed by atoms with Crippen LogP contribution in [0.4, 0.5) is 4.39 Å². The molecule has 1 aromatic carbocycles. The zero-order valence-corrected chi connectivity index (χ0v) is 11.9. The Hall–Kier alpha value is -1.01. The van der Waals surface area contributed by atoms with Crippen LogP contribution in [0.15, 0.2) is 33.5 Å². The Kier molecular flexibility index (Phi) is 3.73. The molecule has 0 saturated carbocycles. The fourth-order valence-corrected chi connectivity index (χ4v) is 2.40. The molecule has 1 heterocycles. The van der Waals surface area contributed by atoms with Crippen molar-refractivity contribution in [1.29, 1.82) is 0 Å². The van der Waals surface area contributed by atoms with E-state index in [9.17, 15) is 4.39 Å². The van der Waals surface area contributed by atoms with Crippen molar-refractivity contribution < 1.29 is 9.13 Å². The van der Waals surface area contributed by atoms with Crippen LogP contribution in [-0.2, 0) is 0 Å². The van der Waals surface area contributed by atoms with Gasteiger partial charge in [0, 0.05) is 11.6 Å². The summed E-state index contributed by atoms with van der Waals surface area (Å²) in [5.41, 5.74) is 0.588. The van der Waals surface area contributed by atoms with Gasteiger partial charge in [-0.1, -0.05) is 0 Å². The maximum absolute atomic E-state index is 13.5. The zero-order valence-electron chi connectivity index (χ0n) is 8.75. The van der Waals surface area contributed by atoms with Crippen molar-refractivity contribution in [2.75, 3.05) is 7.11 Å². The van der Waals surface area contributed by atoms with Gasteiger partial charge in [0.2, 0.25) is 0 Å². The predicted molar refractivity (Wildman–Crippen MR) is 69.4 cm³/mol. The standard InChI is InChI=1S/C11H7Br2FN2O/c1-17-8-3-2-6(4-7(8)14)11-15-9(12)5-10(13)16-11/h2-5H,1H3. The van der Waals surface area contributed by atoms with E-state index in [2.05, 4.69) is 41.8 Å². The first-order valence-electron chi connectivity index (χ1n) is 4.64. The summed E-state index contributed by atoms with van der Waals surface area (Å²) in [6.07, 6.45) is 0. The topological polar surface area (TPSA) is 35.0 Å². The SMILES string of the molecule is COc1ccc(-c2nc(Br)cc(Br)n2)cc1F. The Bertz CT molecular complexity index is 543. The molecule has 6 heteroatoms. The Morgan fingerprint density at radius 1 is 1.12 bits per heavy atom. The van der Waals surface area contributed by atoms with Crippen LogP contribution in [-0.4, -0.2) is 17.1 Å². The molecule has 0 bridgehead atoms.